The lowest BCUT2D eigenvalue weighted by molar-refractivity contribution is -0.130. The summed E-state index contributed by atoms with van der Waals surface area (Å²) in [5.74, 6) is 0.154. The maximum atomic E-state index is 13.1. The normalized spacial score (nSPS) is 21.4. The summed E-state index contributed by atoms with van der Waals surface area (Å²) in [5, 5.41) is 2.93. The number of amides is 3. The second-order valence-corrected chi connectivity index (χ2v) is 8.50. The summed E-state index contributed by atoms with van der Waals surface area (Å²) in [6, 6.07) is 6.31. The van der Waals surface area contributed by atoms with E-state index < -0.39 is 6.03 Å². The van der Waals surface area contributed by atoms with Crippen molar-refractivity contribution in [1.82, 2.24) is 15.1 Å². The Hall–Kier alpha value is -2.15. The fraction of sp³-hybridized carbons (Fsp3) is 0.652. The molecule has 1 aliphatic rings. The summed E-state index contributed by atoms with van der Waals surface area (Å²) in [6.45, 7) is 6.61. The fourth-order valence-corrected chi connectivity index (χ4v) is 4.50. The third-order valence-electron chi connectivity index (χ3n) is 6.22. The number of primary amides is 1. The summed E-state index contributed by atoms with van der Waals surface area (Å²) in [5.41, 5.74) is 6.59. The van der Waals surface area contributed by atoms with Crippen molar-refractivity contribution in [2.24, 2.45) is 11.7 Å². The van der Waals surface area contributed by atoms with E-state index in [1.807, 2.05) is 19.2 Å². The van der Waals surface area contributed by atoms with Gasteiger partial charge in [0.25, 0.3) is 0 Å². The van der Waals surface area contributed by atoms with Gasteiger partial charge in [0.05, 0.1) is 0 Å². The summed E-state index contributed by atoms with van der Waals surface area (Å²) >= 11 is 0. The average molecular weight is 421 g/mol. The zero-order valence-corrected chi connectivity index (χ0v) is 18.6. The van der Waals surface area contributed by atoms with Crippen LogP contribution < -0.4 is 11.1 Å². The zero-order chi connectivity index (χ0) is 22.1. The van der Waals surface area contributed by atoms with Crippen LogP contribution in [0, 0.1) is 11.7 Å². The Kier molecular flexibility index (Phi) is 9.56. The van der Waals surface area contributed by atoms with Crippen LogP contribution >= 0.6 is 0 Å². The minimum Gasteiger partial charge on any atom is -0.352 e. The quantitative estimate of drug-likeness (QED) is 0.610. The highest BCUT2D eigenvalue weighted by Gasteiger charge is 2.34. The molecule has 1 fully saturated rings. The van der Waals surface area contributed by atoms with E-state index in [2.05, 4.69) is 17.1 Å². The predicted octanol–water partition coefficient (Wildman–Crippen LogP) is 3.15. The molecule has 2 rings (SSSR count). The van der Waals surface area contributed by atoms with Gasteiger partial charge in [-0.1, -0.05) is 19.1 Å². The molecule has 1 saturated carbocycles. The van der Waals surface area contributed by atoms with Crippen molar-refractivity contribution in [3.05, 3.63) is 35.6 Å². The van der Waals surface area contributed by atoms with Gasteiger partial charge >= 0.3 is 6.03 Å². The third-order valence-corrected chi connectivity index (χ3v) is 6.22. The molecular formula is C23H37FN4O2. The molecule has 1 aliphatic carbocycles. The Balaban J connectivity index is 1.94. The van der Waals surface area contributed by atoms with Crippen molar-refractivity contribution in [2.45, 2.75) is 64.5 Å². The number of hydrogen-bond donors (Lipinski definition) is 2. The van der Waals surface area contributed by atoms with E-state index in [0.717, 1.165) is 63.7 Å². The SMILES string of the molecule is CCCN(CCCc1ccc(F)cc1)C[C@@H]1CC[C@H](N(C)C(C)=O)C[C@H]1NC(N)=O. The molecular weight excluding hydrogens is 383 g/mol. The van der Waals surface area contributed by atoms with Crippen molar-refractivity contribution >= 4 is 11.9 Å². The Morgan fingerprint density at radius 1 is 1.20 bits per heavy atom. The number of nitrogens with one attached hydrogen (secondary N) is 1. The summed E-state index contributed by atoms with van der Waals surface area (Å²) in [4.78, 5) is 27.6. The average Bonchev–Trinajstić information content (AvgIpc) is 2.69. The summed E-state index contributed by atoms with van der Waals surface area (Å²) in [6.07, 6.45) is 5.60. The van der Waals surface area contributed by atoms with Gasteiger partial charge in [-0.05, 0) is 75.2 Å². The number of halogens is 1. The Morgan fingerprint density at radius 3 is 2.50 bits per heavy atom. The lowest BCUT2D eigenvalue weighted by Crippen LogP contribution is -2.53. The molecule has 0 spiro atoms. The van der Waals surface area contributed by atoms with Crippen LogP contribution in [0.1, 0.15) is 51.5 Å². The number of nitrogens with two attached hydrogens (primary N) is 1. The highest BCUT2D eigenvalue weighted by molar-refractivity contribution is 5.73. The largest absolute Gasteiger partial charge is 0.352 e. The second-order valence-electron chi connectivity index (χ2n) is 8.50. The molecule has 3 N–H and O–H groups in total. The van der Waals surface area contributed by atoms with Gasteiger partial charge in [0.1, 0.15) is 5.82 Å². The van der Waals surface area contributed by atoms with Gasteiger partial charge in [0.15, 0.2) is 0 Å². The summed E-state index contributed by atoms with van der Waals surface area (Å²) in [7, 11) is 1.83. The van der Waals surface area contributed by atoms with Crippen LogP contribution in [0.4, 0.5) is 9.18 Å². The molecule has 3 amide bonds. The Morgan fingerprint density at radius 2 is 1.90 bits per heavy atom. The van der Waals surface area contributed by atoms with Crippen LogP contribution in [0.25, 0.3) is 0 Å². The van der Waals surface area contributed by atoms with E-state index in [0.29, 0.717) is 5.92 Å². The minimum atomic E-state index is -0.505. The van der Waals surface area contributed by atoms with Crippen LogP contribution in [0.15, 0.2) is 24.3 Å². The third kappa shape index (κ3) is 7.59. The van der Waals surface area contributed by atoms with Crippen LogP contribution in [0.3, 0.4) is 0 Å². The molecule has 1 aromatic rings. The molecule has 168 valence electrons. The molecule has 6 nitrogen and oxygen atoms in total. The fourth-order valence-electron chi connectivity index (χ4n) is 4.50. The van der Waals surface area contributed by atoms with E-state index in [-0.39, 0.29) is 23.8 Å². The summed E-state index contributed by atoms with van der Waals surface area (Å²) < 4.78 is 13.1. The molecule has 0 bridgehead atoms. The molecule has 0 radical (unpaired) electrons. The number of urea groups is 1. The standard InChI is InChI=1S/C23H37FN4O2/c1-4-13-28(14-5-6-18-7-10-20(24)11-8-18)16-19-9-12-21(27(3)17(2)29)15-22(19)26-23(25)30/h7-8,10-11,19,21-22H,4-6,9,12-16H2,1-3H3,(H3,25,26,30)/t19-,21-,22+/m0/s1. The van der Waals surface area contributed by atoms with Gasteiger partial charge < -0.3 is 20.9 Å². The number of benzene rings is 1. The molecule has 0 unspecified atom stereocenters. The van der Waals surface area contributed by atoms with Gasteiger partial charge in [-0.3, -0.25) is 4.79 Å². The minimum absolute atomic E-state index is 0.0282. The first-order valence-electron chi connectivity index (χ1n) is 11.1. The van der Waals surface area contributed by atoms with E-state index in [9.17, 15) is 14.0 Å². The van der Waals surface area contributed by atoms with Gasteiger partial charge in [0.2, 0.25) is 5.91 Å². The lowest BCUT2D eigenvalue weighted by atomic mass is 9.80. The Labute approximate surface area is 180 Å². The molecule has 7 heteroatoms. The van der Waals surface area contributed by atoms with Crippen molar-refractivity contribution in [3.8, 4) is 0 Å². The van der Waals surface area contributed by atoms with Crippen LogP contribution in [0.2, 0.25) is 0 Å². The molecule has 0 aliphatic heterocycles. The first-order valence-corrected chi connectivity index (χ1v) is 11.1. The number of hydrogen-bond acceptors (Lipinski definition) is 3. The van der Waals surface area contributed by atoms with Crippen LogP contribution in [-0.4, -0.2) is 60.5 Å². The van der Waals surface area contributed by atoms with E-state index in [1.54, 1.807) is 11.8 Å². The number of nitrogens with zero attached hydrogens (tertiary/aromatic N) is 2. The van der Waals surface area contributed by atoms with E-state index in [4.69, 9.17) is 5.73 Å². The smallest absolute Gasteiger partial charge is 0.312 e. The molecule has 0 saturated heterocycles. The van der Waals surface area contributed by atoms with Gasteiger partial charge in [-0.15, -0.1) is 0 Å². The monoisotopic (exact) mass is 420 g/mol. The lowest BCUT2D eigenvalue weighted by Gasteiger charge is -2.41. The van der Waals surface area contributed by atoms with Gasteiger partial charge in [-0.2, -0.15) is 0 Å². The van der Waals surface area contributed by atoms with Gasteiger partial charge in [-0.25, -0.2) is 9.18 Å². The van der Waals surface area contributed by atoms with Gasteiger partial charge in [0, 0.05) is 32.6 Å². The maximum Gasteiger partial charge on any atom is 0.312 e. The van der Waals surface area contributed by atoms with Crippen molar-refractivity contribution in [2.75, 3.05) is 26.7 Å². The first kappa shape index (κ1) is 24.1. The van der Waals surface area contributed by atoms with Crippen LogP contribution in [0.5, 0.6) is 0 Å². The Bertz CT molecular complexity index is 682. The topological polar surface area (TPSA) is 78.7 Å². The van der Waals surface area contributed by atoms with Crippen LogP contribution in [-0.2, 0) is 11.2 Å². The highest BCUT2D eigenvalue weighted by Crippen LogP contribution is 2.29. The van der Waals surface area contributed by atoms with E-state index >= 15 is 0 Å². The predicted molar refractivity (Wildman–Crippen MR) is 118 cm³/mol. The number of carbonyl (C=O) groups excluding carboxylic acids is 2. The molecule has 0 aromatic heterocycles. The molecule has 0 heterocycles. The first-order chi connectivity index (χ1) is 14.3. The highest BCUT2D eigenvalue weighted by atomic mass is 19.1. The number of rotatable bonds is 10. The van der Waals surface area contributed by atoms with Crippen molar-refractivity contribution in [1.29, 1.82) is 0 Å². The zero-order valence-electron chi connectivity index (χ0n) is 18.6. The van der Waals surface area contributed by atoms with E-state index in [1.165, 1.54) is 12.1 Å². The molecule has 30 heavy (non-hydrogen) atoms. The van der Waals surface area contributed by atoms with Crippen molar-refractivity contribution in [3.63, 3.8) is 0 Å². The molecule has 3 atom stereocenters. The second kappa shape index (κ2) is 11.9. The maximum absolute atomic E-state index is 13.1. The number of carbonyl (C=O) groups is 2. The van der Waals surface area contributed by atoms with Crippen molar-refractivity contribution < 1.29 is 14.0 Å². The molecule has 1 aromatic carbocycles. The number of aryl methyl sites for hydroxylation is 1.